The van der Waals surface area contributed by atoms with Gasteiger partial charge in [-0.3, -0.25) is 10.1 Å². The van der Waals surface area contributed by atoms with Crippen LogP contribution in [0.15, 0.2) is 42.5 Å². The summed E-state index contributed by atoms with van der Waals surface area (Å²) in [6.45, 7) is 1.71. The molecule has 0 spiro atoms. The number of para-hydroxylation sites is 1. The number of amides is 1. The highest BCUT2D eigenvalue weighted by atomic mass is 127. The van der Waals surface area contributed by atoms with Gasteiger partial charge in [-0.25, -0.2) is 4.39 Å². The lowest BCUT2D eigenvalue weighted by molar-refractivity contribution is -0.121. The Morgan fingerprint density at radius 2 is 2.04 bits per heavy atom. The number of hydrogen-bond acceptors (Lipinski definition) is 3. The van der Waals surface area contributed by atoms with Crippen LogP contribution in [-0.4, -0.2) is 17.6 Å². The van der Waals surface area contributed by atoms with E-state index in [0.29, 0.717) is 5.75 Å². The Labute approximate surface area is 152 Å². The number of thiocarbonyl (C=S) groups is 1. The molecule has 7 heteroatoms. The third-order valence-electron chi connectivity index (χ3n) is 2.88. The fourth-order valence-electron chi connectivity index (χ4n) is 1.77. The van der Waals surface area contributed by atoms with E-state index >= 15 is 0 Å². The highest BCUT2D eigenvalue weighted by Crippen LogP contribution is 2.17. The number of nitrogens with one attached hydrogen (secondary N) is 2. The summed E-state index contributed by atoms with van der Waals surface area (Å²) >= 11 is 7.00. The highest BCUT2D eigenvalue weighted by Gasteiger charge is 2.09. The molecule has 0 radical (unpaired) electrons. The molecule has 0 aliphatic rings. The summed E-state index contributed by atoms with van der Waals surface area (Å²) < 4.78 is 19.9. The van der Waals surface area contributed by atoms with E-state index in [4.69, 9.17) is 17.0 Å². The number of carbonyl (C=O) groups is 1. The summed E-state index contributed by atoms with van der Waals surface area (Å²) in [5.41, 5.74) is 1.14. The summed E-state index contributed by atoms with van der Waals surface area (Å²) in [6.07, 6.45) is 0. The van der Waals surface area contributed by atoms with E-state index in [2.05, 4.69) is 10.6 Å². The minimum Gasteiger partial charge on any atom is -0.483 e. The van der Waals surface area contributed by atoms with E-state index in [-0.39, 0.29) is 17.4 Å². The van der Waals surface area contributed by atoms with Crippen molar-refractivity contribution < 1.29 is 13.9 Å². The molecule has 2 aromatic carbocycles. The topological polar surface area (TPSA) is 50.4 Å². The molecule has 120 valence electrons. The second-order valence-corrected chi connectivity index (χ2v) is 6.33. The van der Waals surface area contributed by atoms with E-state index in [9.17, 15) is 9.18 Å². The minimum atomic E-state index is -0.440. The van der Waals surface area contributed by atoms with Crippen LogP contribution in [0.4, 0.5) is 10.1 Å². The van der Waals surface area contributed by atoms with Crippen LogP contribution in [0.2, 0.25) is 0 Å². The lowest BCUT2D eigenvalue weighted by atomic mass is 10.2. The van der Waals surface area contributed by atoms with Gasteiger partial charge in [0.1, 0.15) is 11.6 Å². The number of rotatable bonds is 4. The fraction of sp³-hybridized carbons (Fsp3) is 0.125. The first-order chi connectivity index (χ1) is 11.0. The van der Waals surface area contributed by atoms with Crippen molar-refractivity contribution in [1.29, 1.82) is 0 Å². The average molecular weight is 444 g/mol. The monoisotopic (exact) mass is 444 g/mol. The number of anilines is 1. The Bertz CT molecular complexity index is 740. The maximum absolute atomic E-state index is 13.7. The quantitative estimate of drug-likeness (QED) is 0.559. The number of halogens is 2. The normalized spacial score (nSPS) is 10.0. The van der Waals surface area contributed by atoms with Gasteiger partial charge in [-0.15, -0.1) is 0 Å². The first-order valence-electron chi connectivity index (χ1n) is 6.70. The molecule has 1 amide bonds. The van der Waals surface area contributed by atoms with Crippen molar-refractivity contribution in [3.63, 3.8) is 0 Å². The second kappa shape index (κ2) is 8.21. The summed E-state index contributed by atoms with van der Waals surface area (Å²) in [5, 5.41) is 5.11. The molecule has 0 bridgehead atoms. The Morgan fingerprint density at radius 1 is 1.30 bits per heavy atom. The Hall–Kier alpha value is -1.74. The van der Waals surface area contributed by atoms with Gasteiger partial charge in [0.2, 0.25) is 0 Å². The standard InChI is InChI=1S/C16H14FIN2O2S/c1-10-4-2-3-5-14(10)22-9-15(21)20-16(23)19-13-7-6-11(18)8-12(13)17/h2-8H,9H2,1H3,(H2,19,20,21,23). The zero-order valence-electron chi connectivity index (χ0n) is 12.2. The van der Waals surface area contributed by atoms with E-state index in [1.165, 1.54) is 6.07 Å². The molecule has 0 atom stereocenters. The molecular formula is C16H14FIN2O2S. The van der Waals surface area contributed by atoms with Crippen molar-refractivity contribution in [3.8, 4) is 5.75 Å². The van der Waals surface area contributed by atoms with E-state index < -0.39 is 11.7 Å². The molecule has 0 aromatic heterocycles. The molecule has 2 aromatic rings. The molecule has 0 fully saturated rings. The van der Waals surface area contributed by atoms with Gasteiger partial charge >= 0.3 is 0 Å². The Balaban J connectivity index is 1.85. The average Bonchev–Trinajstić information content (AvgIpc) is 2.49. The van der Waals surface area contributed by atoms with Crippen LogP contribution in [0, 0.1) is 16.3 Å². The lowest BCUT2D eigenvalue weighted by Gasteiger charge is -2.12. The van der Waals surface area contributed by atoms with Gasteiger partial charge in [-0.1, -0.05) is 18.2 Å². The third-order valence-corrected chi connectivity index (χ3v) is 3.76. The van der Waals surface area contributed by atoms with E-state index in [1.807, 2.05) is 47.7 Å². The van der Waals surface area contributed by atoms with Crippen molar-refractivity contribution in [2.24, 2.45) is 0 Å². The molecule has 2 rings (SSSR count). The molecule has 0 saturated carbocycles. The molecule has 0 unspecified atom stereocenters. The zero-order valence-corrected chi connectivity index (χ0v) is 15.2. The Morgan fingerprint density at radius 3 is 2.74 bits per heavy atom. The van der Waals surface area contributed by atoms with Crippen LogP contribution in [0.5, 0.6) is 5.75 Å². The van der Waals surface area contributed by atoms with Gasteiger partial charge in [0.15, 0.2) is 11.7 Å². The van der Waals surface area contributed by atoms with Crippen molar-refractivity contribution in [2.45, 2.75) is 6.92 Å². The molecule has 0 heterocycles. The van der Waals surface area contributed by atoms with Gasteiger partial charge in [0, 0.05) is 3.57 Å². The van der Waals surface area contributed by atoms with Gasteiger partial charge in [-0.2, -0.15) is 0 Å². The van der Waals surface area contributed by atoms with Crippen LogP contribution in [-0.2, 0) is 4.79 Å². The first-order valence-corrected chi connectivity index (χ1v) is 8.18. The molecule has 0 aliphatic heterocycles. The van der Waals surface area contributed by atoms with Crippen LogP contribution < -0.4 is 15.4 Å². The van der Waals surface area contributed by atoms with E-state index in [1.54, 1.807) is 18.2 Å². The van der Waals surface area contributed by atoms with Crippen LogP contribution >= 0.6 is 34.8 Å². The highest BCUT2D eigenvalue weighted by molar-refractivity contribution is 14.1. The lowest BCUT2D eigenvalue weighted by Crippen LogP contribution is -2.37. The number of carbonyl (C=O) groups excluding carboxylic acids is 1. The largest absolute Gasteiger partial charge is 0.483 e. The summed E-state index contributed by atoms with van der Waals surface area (Å²) in [4.78, 5) is 11.8. The predicted octanol–water partition coefficient (Wildman–Crippen LogP) is 3.63. The van der Waals surface area contributed by atoms with Gasteiger partial charge in [-0.05, 0) is 71.6 Å². The van der Waals surface area contributed by atoms with E-state index in [0.717, 1.165) is 9.13 Å². The molecule has 2 N–H and O–H groups in total. The van der Waals surface area contributed by atoms with Crippen LogP contribution in [0.25, 0.3) is 0 Å². The van der Waals surface area contributed by atoms with Crippen molar-refractivity contribution >= 4 is 51.5 Å². The molecule has 0 saturated heterocycles. The second-order valence-electron chi connectivity index (χ2n) is 4.68. The summed E-state index contributed by atoms with van der Waals surface area (Å²) in [6, 6.07) is 12.0. The predicted molar refractivity (Wildman–Crippen MR) is 100 cm³/mol. The van der Waals surface area contributed by atoms with Gasteiger partial charge in [0.25, 0.3) is 5.91 Å². The SMILES string of the molecule is Cc1ccccc1OCC(=O)NC(=S)Nc1ccc(I)cc1F. The molecule has 23 heavy (non-hydrogen) atoms. The number of ether oxygens (including phenoxy) is 1. The number of hydrogen-bond donors (Lipinski definition) is 2. The smallest absolute Gasteiger partial charge is 0.264 e. The van der Waals surface area contributed by atoms with Crippen LogP contribution in [0.1, 0.15) is 5.56 Å². The van der Waals surface area contributed by atoms with Gasteiger partial charge < -0.3 is 10.1 Å². The maximum Gasteiger partial charge on any atom is 0.264 e. The number of aryl methyl sites for hydroxylation is 1. The maximum atomic E-state index is 13.7. The fourth-order valence-corrected chi connectivity index (χ4v) is 2.45. The summed E-state index contributed by atoms with van der Waals surface area (Å²) in [7, 11) is 0. The van der Waals surface area contributed by atoms with Crippen molar-refractivity contribution in [3.05, 3.63) is 57.4 Å². The van der Waals surface area contributed by atoms with Gasteiger partial charge in [0.05, 0.1) is 5.69 Å². The molecule has 0 aliphatic carbocycles. The molecular weight excluding hydrogens is 430 g/mol. The summed E-state index contributed by atoms with van der Waals surface area (Å²) in [5.74, 6) is -0.230. The first kappa shape index (κ1) is 17.6. The van der Waals surface area contributed by atoms with Crippen LogP contribution in [0.3, 0.4) is 0 Å². The minimum absolute atomic E-state index is 0.0171. The molecule has 4 nitrogen and oxygen atoms in total. The number of benzene rings is 2. The Kier molecular flexibility index (Phi) is 6.28. The van der Waals surface area contributed by atoms with Crippen molar-refractivity contribution in [1.82, 2.24) is 5.32 Å². The zero-order chi connectivity index (χ0) is 16.8. The third kappa shape index (κ3) is 5.43. The van der Waals surface area contributed by atoms with Crippen molar-refractivity contribution in [2.75, 3.05) is 11.9 Å².